The molecule has 1 fully saturated rings. The summed E-state index contributed by atoms with van der Waals surface area (Å²) in [5.41, 5.74) is 0. The summed E-state index contributed by atoms with van der Waals surface area (Å²) in [6.45, 7) is 6.51. The lowest BCUT2D eigenvalue weighted by atomic mass is 10.2. The summed E-state index contributed by atoms with van der Waals surface area (Å²) in [4.78, 5) is 13.2. The smallest absolute Gasteiger partial charge is 0.246 e. The van der Waals surface area contributed by atoms with Gasteiger partial charge in [-0.25, -0.2) is 0 Å². The molecule has 1 aliphatic rings. The molecule has 0 aromatic heterocycles. The van der Waals surface area contributed by atoms with Crippen molar-refractivity contribution < 1.29 is 4.79 Å². The largest absolute Gasteiger partial charge is 0.336 e. The molecule has 1 heterocycles. The maximum atomic E-state index is 11.4. The third-order valence-electron chi connectivity index (χ3n) is 1.99. The quantitative estimate of drug-likeness (QED) is 0.574. The summed E-state index contributed by atoms with van der Waals surface area (Å²) in [5, 5.41) is 3.29. The standard InChI is InChI=1S/C9H16N2O/c1-3-4-9(12)11-6-5-10-8(2)7-11/h3-4,8,10H,5-7H2,1-2H3/b4-3+/t8-/m0/s1. The van der Waals surface area contributed by atoms with Gasteiger partial charge < -0.3 is 10.2 Å². The molecule has 0 radical (unpaired) electrons. The molecule has 1 rings (SSSR count). The van der Waals surface area contributed by atoms with Crippen molar-refractivity contribution in [3.05, 3.63) is 12.2 Å². The Bertz CT molecular complexity index is 189. The van der Waals surface area contributed by atoms with E-state index < -0.39 is 0 Å². The van der Waals surface area contributed by atoms with Crippen LogP contribution in [-0.2, 0) is 4.79 Å². The topological polar surface area (TPSA) is 32.3 Å². The Morgan fingerprint density at radius 3 is 3.00 bits per heavy atom. The van der Waals surface area contributed by atoms with Crippen LogP contribution in [0.1, 0.15) is 13.8 Å². The molecule has 0 bridgehead atoms. The van der Waals surface area contributed by atoms with Crippen LogP contribution in [0.2, 0.25) is 0 Å². The lowest BCUT2D eigenvalue weighted by Crippen LogP contribution is -2.50. The second kappa shape index (κ2) is 4.26. The molecule has 0 spiro atoms. The predicted octanol–water partition coefficient (Wildman–Crippen LogP) is 0.383. The van der Waals surface area contributed by atoms with Crippen LogP contribution >= 0.6 is 0 Å². The highest BCUT2D eigenvalue weighted by atomic mass is 16.2. The number of carbonyl (C=O) groups excluding carboxylic acids is 1. The van der Waals surface area contributed by atoms with Crippen LogP contribution in [-0.4, -0.2) is 36.5 Å². The highest BCUT2D eigenvalue weighted by molar-refractivity contribution is 5.87. The fourth-order valence-corrected chi connectivity index (χ4v) is 1.38. The van der Waals surface area contributed by atoms with E-state index in [9.17, 15) is 4.79 Å². The van der Waals surface area contributed by atoms with Gasteiger partial charge in [-0.15, -0.1) is 0 Å². The van der Waals surface area contributed by atoms with Crippen molar-refractivity contribution in [2.75, 3.05) is 19.6 Å². The van der Waals surface area contributed by atoms with Gasteiger partial charge in [0.1, 0.15) is 0 Å². The first-order valence-electron chi connectivity index (χ1n) is 4.39. The molecule has 1 N–H and O–H groups in total. The Labute approximate surface area is 73.4 Å². The number of nitrogens with zero attached hydrogens (tertiary/aromatic N) is 1. The van der Waals surface area contributed by atoms with E-state index in [2.05, 4.69) is 12.2 Å². The Hall–Kier alpha value is -0.830. The average Bonchev–Trinajstić information content (AvgIpc) is 2.05. The van der Waals surface area contributed by atoms with Crippen molar-refractivity contribution in [2.24, 2.45) is 0 Å². The molecule has 0 aliphatic carbocycles. The lowest BCUT2D eigenvalue weighted by molar-refractivity contribution is -0.127. The van der Waals surface area contributed by atoms with Crippen molar-refractivity contribution in [3.8, 4) is 0 Å². The number of allylic oxidation sites excluding steroid dienone is 1. The zero-order chi connectivity index (χ0) is 8.97. The number of piperazine rings is 1. The number of rotatable bonds is 1. The zero-order valence-corrected chi connectivity index (χ0v) is 7.71. The van der Waals surface area contributed by atoms with E-state index in [-0.39, 0.29) is 5.91 Å². The third kappa shape index (κ3) is 2.34. The van der Waals surface area contributed by atoms with E-state index in [1.807, 2.05) is 11.8 Å². The van der Waals surface area contributed by atoms with Gasteiger partial charge in [0.05, 0.1) is 0 Å². The first-order chi connectivity index (χ1) is 5.74. The molecule has 3 nitrogen and oxygen atoms in total. The molecular formula is C9H16N2O. The molecule has 1 saturated heterocycles. The molecule has 1 amide bonds. The van der Waals surface area contributed by atoms with E-state index in [0.717, 1.165) is 19.6 Å². The number of hydrogen-bond acceptors (Lipinski definition) is 2. The average molecular weight is 168 g/mol. The van der Waals surface area contributed by atoms with Crippen molar-refractivity contribution >= 4 is 5.91 Å². The van der Waals surface area contributed by atoms with Gasteiger partial charge >= 0.3 is 0 Å². The minimum atomic E-state index is 0.130. The molecule has 0 aromatic rings. The third-order valence-corrected chi connectivity index (χ3v) is 1.99. The minimum Gasteiger partial charge on any atom is -0.336 e. The Morgan fingerprint density at radius 1 is 1.67 bits per heavy atom. The monoisotopic (exact) mass is 168 g/mol. The van der Waals surface area contributed by atoms with Crippen LogP contribution in [0, 0.1) is 0 Å². The fourth-order valence-electron chi connectivity index (χ4n) is 1.38. The second-order valence-electron chi connectivity index (χ2n) is 3.14. The highest BCUT2D eigenvalue weighted by Gasteiger charge is 2.17. The van der Waals surface area contributed by atoms with Gasteiger partial charge in [-0.3, -0.25) is 4.79 Å². The Morgan fingerprint density at radius 2 is 2.42 bits per heavy atom. The molecule has 0 aromatic carbocycles. The Balaban J connectivity index is 2.45. The maximum absolute atomic E-state index is 11.4. The lowest BCUT2D eigenvalue weighted by Gasteiger charge is -2.31. The summed E-state index contributed by atoms with van der Waals surface area (Å²) < 4.78 is 0. The first-order valence-corrected chi connectivity index (χ1v) is 4.39. The maximum Gasteiger partial charge on any atom is 0.246 e. The van der Waals surface area contributed by atoms with Gasteiger partial charge in [0.15, 0.2) is 0 Å². The van der Waals surface area contributed by atoms with Crippen molar-refractivity contribution in [1.82, 2.24) is 10.2 Å². The summed E-state index contributed by atoms with van der Waals surface area (Å²) in [6, 6.07) is 0.424. The number of nitrogens with one attached hydrogen (secondary N) is 1. The molecule has 3 heteroatoms. The van der Waals surface area contributed by atoms with Gasteiger partial charge in [0.25, 0.3) is 0 Å². The van der Waals surface area contributed by atoms with E-state index in [4.69, 9.17) is 0 Å². The first kappa shape index (κ1) is 9.26. The highest BCUT2D eigenvalue weighted by Crippen LogP contribution is 1.99. The van der Waals surface area contributed by atoms with Crippen LogP contribution in [0.5, 0.6) is 0 Å². The summed E-state index contributed by atoms with van der Waals surface area (Å²) >= 11 is 0. The van der Waals surface area contributed by atoms with Crippen molar-refractivity contribution in [3.63, 3.8) is 0 Å². The fraction of sp³-hybridized carbons (Fsp3) is 0.667. The van der Waals surface area contributed by atoms with E-state index in [1.165, 1.54) is 0 Å². The molecule has 12 heavy (non-hydrogen) atoms. The molecule has 0 saturated carbocycles. The van der Waals surface area contributed by atoms with E-state index >= 15 is 0 Å². The zero-order valence-electron chi connectivity index (χ0n) is 7.71. The normalized spacial score (nSPS) is 24.8. The van der Waals surface area contributed by atoms with E-state index in [1.54, 1.807) is 12.2 Å². The second-order valence-corrected chi connectivity index (χ2v) is 3.14. The molecular weight excluding hydrogens is 152 g/mol. The number of amides is 1. The van der Waals surface area contributed by atoms with Crippen LogP contribution in [0.3, 0.4) is 0 Å². The summed E-state index contributed by atoms with van der Waals surface area (Å²) in [5.74, 6) is 0.130. The van der Waals surface area contributed by atoms with Crippen LogP contribution in [0.25, 0.3) is 0 Å². The van der Waals surface area contributed by atoms with Gasteiger partial charge in [-0.1, -0.05) is 6.08 Å². The van der Waals surface area contributed by atoms with Crippen molar-refractivity contribution in [1.29, 1.82) is 0 Å². The molecule has 68 valence electrons. The van der Waals surface area contributed by atoms with Crippen LogP contribution in [0.4, 0.5) is 0 Å². The molecule has 1 atom stereocenters. The number of carbonyl (C=O) groups is 1. The SMILES string of the molecule is C/C=C/C(=O)N1CCN[C@@H](C)C1. The predicted molar refractivity (Wildman–Crippen MR) is 48.9 cm³/mol. The van der Waals surface area contributed by atoms with Crippen molar-refractivity contribution in [2.45, 2.75) is 19.9 Å². The van der Waals surface area contributed by atoms with Gasteiger partial charge in [0, 0.05) is 25.7 Å². The van der Waals surface area contributed by atoms with Crippen LogP contribution < -0.4 is 5.32 Å². The minimum absolute atomic E-state index is 0.130. The Kier molecular flexibility index (Phi) is 3.29. The summed E-state index contributed by atoms with van der Waals surface area (Å²) in [6.07, 6.45) is 3.41. The van der Waals surface area contributed by atoms with Gasteiger partial charge in [0.2, 0.25) is 5.91 Å². The van der Waals surface area contributed by atoms with Gasteiger partial charge in [-0.05, 0) is 19.9 Å². The van der Waals surface area contributed by atoms with Gasteiger partial charge in [-0.2, -0.15) is 0 Å². The summed E-state index contributed by atoms with van der Waals surface area (Å²) in [7, 11) is 0. The molecule has 0 unspecified atom stereocenters. The molecule has 1 aliphatic heterocycles. The van der Waals surface area contributed by atoms with Crippen LogP contribution in [0.15, 0.2) is 12.2 Å². The number of hydrogen-bond donors (Lipinski definition) is 1. The van der Waals surface area contributed by atoms with E-state index in [0.29, 0.717) is 6.04 Å².